The molecule has 0 N–H and O–H groups in total. The third-order valence-corrected chi connectivity index (χ3v) is 2.78. The summed E-state index contributed by atoms with van der Waals surface area (Å²) in [4.78, 5) is 21.0. The van der Waals surface area contributed by atoms with Crippen molar-refractivity contribution in [3.05, 3.63) is 29.8 Å². The Morgan fingerprint density at radius 2 is 1.70 bits per heavy atom. The Balaban J connectivity index is 2.30. The molecule has 0 saturated carbocycles. The molecule has 0 atom stereocenters. The topological polar surface area (TPSA) is 44.8 Å². The lowest BCUT2D eigenvalue weighted by Crippen LogP contribution is -2.06. The second-order valence-electron chi connectivity index (χ2n) is 4.63. The van der Waals surface area contributed by atoms with Gasteiger partial charge in [-0.15, -0.1) is 0 Å². The summed E-state index contributed by atoms with van der Waals surface area (Å²) in [7, 11) is 0. The van der Waals surface area contributed by atoms with Crippen LogP contribution in [0.15, 0.2) is 24.3 Å². The SMILES string of the molecule is CCCCCCOc1ccc(C(=O)OOCCC)cc1. The highest BCUT2D eigenvalue weighted by Gasteiger charge is 2.08. The van der Waals surface area contributed by atoms with Crippen molar-refractivity contribution in [1.29, 1.82) is 0 Å². The molecule has 112 valence electrons. The normalized spacial score (nSPS) is 10.3. The molecule has 1 rings (SSSR count). The predicted molar refractivity (Wildman–Crippen MR) is 77.7 cm³/mol. The van der Waals surface area contributed by atoms with E-state index in [9.17, 15) is 4.79 Å². The first-order valence-electron chi connectivity index (χ1n) is 7.34. The minimum atomic E-state index is -0.479. The van der Waals surface area contributed by atoms with Gasteiger partial charge in [-0.1, -0.05) is 33.1 Å². The van der Waals surface area contributed by atoms with E-state index in [1.165, 1.54) is 19.3 Å². The lowest BCUT2D eigenvalue weighted by molar-refractivity contribution is -0.240. The van der Waals surface area contributed by atoms with E-state index in [1.54, 1.807) is 24.3 Å². The van der Waals surface area contributed by atoms with Crippen molar-refractivity contribution in [2.45, 2.75) is 46.0 Å². The first-order chi connectivity index (χ1) is 9.77. The van der Waals surface area contributed by atoms with E-state index in [1.807, 2.05) is 6.92 Å². The molecule has 4 heteroatoms. The van der Waals surface area contributed by atoms with E-state index in [0.29, 0.717) is 18.8 Å². The zero-order valence-electron chi connectivity index (χ0n) is 12.4. The highest BCUT2D eigenvalue weighted by molar-refractivity contribution is 5.89. The highest BCUT2D eigenvalue weighted by atomic mass is 17.2. The van der Waals surface area contributed by atoms with Crippen molar-refractivity contribution in [1.82, 2.24) is 0 Å². The molecule has 0 heterocycles. The van der Waals surface area contributed by atoms with Gasteiger partial charge in [0.15, 0.2) is 0 Å². The largest absolute Gasteiger partial charge is 0.494 e. The Bertz CT molecular complexity index is 373. The Morgan fingerprint density at radius 1 is 0.950 bits per heavy atom. The molecule has 0 aliphatic rings. The van der Waals surface area contributed by atoms with Gasteiger partial charge in [-0.25, -0.2) is 4.79 Å². The average Bonchev–Trinajstić information content (AvgIpc) is 2.48. The molecule has 0 bridgehead atoms. The summed E-state index contributed by atoms with van der Waals surface area (Å²) in [5, 5.41) is 0. The van der Waals surface area contributed by atoms with Crippen LogP contribution in [0.3, 0.4) is 0 Å². The monoisotopic (exact) mass is 280 g/mol. The second-order valence-corrected chi connectivity index (χ2v) is 4.63. The summed E-state index contributed by atoms with van der Waals surface area (Å²) in [5.41, 5.74) is 0.458. The molecule has 4 nitrogen and oxygen atoms in total. The zero-order valence-corrected chi connectivity index (χ0v) is 12.4. The molecular formula is C16H24O4. The van der Waals surface area contributed by atoms with Crippen LogP contribution in [0.5, 0.6) is 5.75 Å². The molecule has 0 radical (unpaired) electrons. The molecule has 0 aliphatic heterocycles. The van der Waals surface area contributed by atoms with Crippen LogP contribution in [0.4, 0.5) is 0 Å². The molecule has 1 aromatic carbocycles. The van der Waals surface area contributed by atoms with Crippen molar-refractivity contribution in [3.8, 4) is 5.75 Å². The van der Waals surface area contributed by atoms with Gasteiger partial charge in [0.25, 0.3) is 0 Å². The van der Waals surface area contributed by atoms with Crippen LogP contribution >= 0.6 is 0 Å². The standard InChI is InChI=1S/C16H24O4/c1-3-5-6-7-13-18-15-10-8-14(9-11-15)16(17)20-19-12-4-2/h8-11H,3-7,12-13H2,1-2H3. The van der Waals surface area contributed by atoms with Gasteiger partial charge < -0.3 is 4.74 Å². The number of carbonyl (C=O) groups is 1. The first-order valence-corrected chi connectivity index (χ1v) is 7.34. The predicted octanol–water partition coefficient (Wildman–Crippen LogP) is 4.14. The van der Waals surface area contributed by atoms with Gasteiger partial charge in [-0.3, -0.25) is 4.89 Å². The highest BCUT2D eigenvalue weighted by Crippen LogP contribution is 2.14. The second kappa shape index (κ2) is 10.3. The lowest BCUT2D eigenvalue weighted by Gasteiger charge is -2.07. The van der Waals surface area contributed by atoms with E-state index in [2.05, 4.69) is 11.8 Å². The van der Waals surface area contributed by atoms with Crippen LogP contribution in [-0.4, -0.2) is 19.2 Å². The molecule has 0 fully saturated rings. The van der Waals surface area contributed by atoms with E-state index in [4.69, 9.17) is 9.62 Å². The molecule has 0 aromatic heterocycles. The maximum Gasteiger partial charge on any atom is 0.373 e. The Kier molecular flexibility index (Phi) is 8.47. The van der Waals surface area contributed by atoms with Gasteiger partial charge in [-0.2, -0.15) is 4.89 Å². The summed E-state index contributed by atoms with van der Waals surface area (Å²) < 4.78 is 5.60. The van der Waals surface area contributed by atoms with Crippen LogP contribution in [0.1, 0.15) is 56.3 Å². The number of benzene rings is 1. The van der Waals surface area contributed by atoms with Crippen LogP contribution < -0.4 is 4.74 Å². The van der Waals surface area contributed by atoms with Crippen molar-refractivity contribution < 1.29 is 19.3 Å². The van der Waals surface area contributed by atoms with Gasteiger partial charge in [0.2, 0.25) is 0 Å². The lowest BCUT2D eigenvalue weighted by atomic mass is 10.2. The molecule has 20 heavy (non-hydrogen) atoms. The number of rotatable bonds is 10. The number of unbranched alkanes of at least 4 members (excludes halogenated alkanes) is 3. The van der Waals surface area contributed by atoms with Gasteiger partial charge in [0.1, 0.15) is 5.75 Å². The summed E-state index contributed by atoms with van der Waals surface area (Å²) in [6, 6.07) is 6.91. The van der Waals surface area contributed by atoms with E-state index in [0.717, 1.165) is 18.6 Å². The fraction of sp³-hybridized carbons (Fsp3) is 0.562. The van der Waals surface area contributed by atoms with E-state index < -0.39 is 5.97 Å². The number of hydrogen-bond donors (Lipinski definition) is 0. The van der Waals surface area contributed by atoms with Gasteiger partial charge in [0, 0.05) is 0 Å². The van der Waals surface area contributed by atoms with Gasteiger partial charge in [0.05, 0.1) is 18.8 Å². The molecule has 0 spiro atoms. The fourth-order valence-corrected chi connectivity index (χ4v) is 1.63. The summed E-state index contributed by atoms with van der Waals surface area (Å²) in [6.07, 6.45) is 5.51. The summed E-state index contributed by atoms with van der Waals surface area (Å²) in [6.45, 7) is 5.25. The van der Waals surface area contributed by atoms with Crippen molar-refractivity contribution in [3.63, 3.8) is 0 Å². The van der Waals surface area contributed by atoms with Crippen LogP contribution in [-0.2, 0) is 9.78 Å². The van der Waals surface area contributed by atoms with Gasteiger partial charge in [-0.05, 0) is 37.1 Å². The quantitative estimate of drug-likeness (QED) is 0.367. The molecule has 0 saturated heterocycles. The maximum absolute atomic E-state index is 11.6. The first kappa shape index (κ1) is 16.5. The molecule has 0 unspecified atom stereocenters. The molecular weight excluding hydrogens is 256 g/mol. The third kappa shape index (κ3) is 6.57. The Labute approximate surface area is 121 Å². The molecule has 1 aromatic rings. The molecule has 0 aliphatic carbocycles. The van der Waals surface area contributed by atoms with Crippen LogP contribution in [0.25, 0.3) is 0 Å². The smallest absolute Gasteiger partial charge is 0.373 e. The number of ether oxygens (including phenoxy) is 1. The van der Waals surface area contributed by atoms with Crippen LogP contribution in [0, 0.1) is 0 Å². The minimum Gasteiger partial charge on any atom is -0.494 e. The Morgan fingerprint density at radius 3 is 2.35 bits per heavy atom. The average molecular weight is 280 g/mol. The van der Waals surface area contributed by atoms with Crippen molar-refractivity contribution in [2.75, 3.05) is 13.2 Å². The number of carbonyl (C=O) groups excluding carboxylic acids is 1. The third-order valence-electron chi connectivity index (χ3n) is 2.78. The van der Waals surface area contributed by atoms with E-state index >= 15 is 0 Å². The maximum atomic E-state index is 11.6. The van der Waals surface area contributed by atoms with Crippen molar-refractivity contribution in [2.24, 2.45) is 0 Å². The zero-order chi connectivity index (χ0) is 14.6. The van der Waals surface area contributed by atoms with Crippen molar-refractivity contribution >= 4 is 5.97 Å². The van der Waals surface area contributed by atoms with Gasteiger partial charge >= 0.3 is 5.97 Å². The number of hydrogen-bond acceptors (Lipinski definition) is 4. The molecule has 0 amide bonds. The fourth-order valence-electron chi connectivity index (χ4n) is 1.63. The van der Waals surface area contributed by atoms with Crippen LogP contribution in [0.2, 0.25) is 0 Å². The summed E-state index contributed by atoms with van der Waals surface area (Å²) >= 11 is 0. The minimum absolute atomic E-state index is 0.407. The van der Waals surface area contributed by atoms with E-state index in [-0.39, 0.29) is 0 Å². The summed E-state index contributed by atoms with van der Waals surface area (Å²) in [5.74, 6) is 0.292. The Hall–Kier alpha value is -1.55.